The number of aliphatic carboxylic acids is 1. The lowest BCUT2D eigenvalue weighted by Gasteiger charge is -2.17. The fourth-order valence-electron chi connectivity index (χ4n) is 3.48. The van der Waals surface area contributed by atoms with Crippen molar-refractivity contribution >= 4 is 34.0 Å². The summed E-state index contributed by atoms with van der Waals surface area (Å²) in [4.78, 5) is 22.1. The summed E-state index contributed by atoms with van der Waals surface area (Å²) in [6.45, 7) is -0.00243. The maximum absolute atomic E-state index is 11.5. The fraction of sp³-hybridized carbons (Fsp3) is 0.130. The Morgan fingerprint density at radius 2 is 1.71 bits per heavy atom. The van der Waals surface area contributed by atoms with E-state index in [0.717, 1.165) is 32.9 Å². The topological polar surface area (TPSA) is 76.7 Å². The van der Waals surface area contributed by atoms with Crippen molar-refractivity contribution in [2.75, 3.05) is 6.61 Å². The van der Waals surface area contributed by atoms with Crippen LogP contribution in [-0.2, 0) is 9.59 Å². The second kappa shape index (κ2) is 7.56. The quantitative estimate of drug-likeness (QED) is 0.472. The van der Waals surface area contributed by atoms with E-state index in [4.69, 9.17) is 9.15 Å². The normalized spacial score (nSPS) is 12.1. The second-order valence-electron chi connectivity index (χ2n) is 6.61. The Bertz CT molecular complexity index is 1160. The van der Waals surface area contributed by atoms with Crippen LogP contribution in [-0.4, -0.2) is 24.0 Å². The minimum Gasteiger partial charge on any atom is -0.486 e. The number of carboxylic acids is 1. The van der Waals surface area contributed by atoms with E-state index in [9.17, 15) is 14.7 Å². The van der Waals surface area contributed by atoms with Crippen LogP contribution in [0.4, 0.5) is 0 Å². The van der Waals surface area contributed by atoms with E-state index in [1.807, 2.05) is 60.7 Å². The third kappa shape index (κ3) is 3.60. The smallest absolute Gasteiger partial charge is 0.304 e. The van der Waals surface area contributed by atoms with Crippen molar-refractivity contribution in [1.82, 2.24) is 0 Å². The highest BCUT2D eigenvalue weighted by Crippen LogP contribution is 2.33. The number of benzene rings is 3. The van der Waals surface area contributed by atoms with Crippen LogP contribution in [0.1, 0.15) is 23.5 Å². The third-order valence-corrected chi connectivity index (χ3v) is 4.81. The molecular formula is C23H18O5. The molecule has 1 N–H and O–H groups in total. The lowest BCUT2D eigenvalue weighted by molar-refractivity contribution is -0.137. The molecule has 28 heavy (non-hydrogen) atoms. The van der Waals surface area contributed by atoms with Gasteiger partial charge in [-0.05, 0) is 52.2 Å². The van der Waals surface area contributed by atoms with E-state index < -0.39 is 5.97 Å². The molecule has 0 bridgehead atoms. The molecule has 5 heteroatoms. The maximum Gasteiger partial charge on any atom is 0.304 e. The van der Waals surface area contributed by atoms with Crippen LogP contribution in [0.3, 0.4) is 0 Å². The average molecular weight is 374 g/mol. The van der Waals surface area contributed by atoms with Gasteiger partial charge in [0, 0.05) is 11.3 Å². The number of furan rings is 1. The van der Waals surface area contributed by atoms with Crippen LogP contribution in [0.5, 0.6) is 5.75 Å². The van der Waals surface area contributed by atoms with E-state index in [1.165, 1.54) is 0 Å². The highest BCUT2D eigenvalue weighted by Gasteiger charge is 2.19. The van der Waals surface area contributed by atoms with Crippen LogP contribution < -0.4 is 4.74 Å². The number of carboxylic acid groups (broad SMARTS) is 1. The highest BCUT2D eigenvalue weighted by atomic mass is 16.5. The molecular weight excluding hydrogens is 356 g/mol. The number of hydrogen-bond acceptors (Lipinski definition) is 4. The van der Waals surface area contributed by atoms with E-state index in [0.29, 0.717) is 12.0 Å². The summed E-state index contributed by atoms with van der Waals surface area (Å²) in [5.74, 6) is -0.549. The summed E-state index contributed by atoms with van der Waals surface area (Å²) < 4.78 is 10.8. The zero-order valence-electron chi connectivity index (χ0n) is 15.0. The van der Waals surface area contributed by atoms with Crippen molar-refractivity contribution in [3.05, 3.63) is 78.1 Å². The van der Waals surface area contributed by atoms with E-state index in [-0.39, 0.29) is 18.9 Å². The number of carbonyl (C=O) groups excluding carboxylic acids is 1. The van der Waals surface area contributed by atoms with Gasteiger partial charge >= 0.3 is 5.97 Å². The third-order valence-electron chi connectivity index (χ3n) is 4.81. The molecule has 0 fully saturated rings. The first-order valence-corrected chi connectivity index (χ1v) is 8.93. The standard InChI is InChI=1S/C23H18O5/c24-8-10-27-20-5-3-15-1-2-16(12-19(15)13-20)21(14-23(25)26)17-4-6-22-18(11-17)7-9-28-22/h1-9,11-13,21H,10,14H2,(H,25,26). The van der Waals surface area contributed by atoms with Crippen molar-refractivity contribution in [2.24, 2.45) is 0 Å². The molecule has 0 aliphatic rings. The van der Waals surface area contributed by atoms with Crippen molar-refractivity contribution in [2.45, 2.75) is 12.3 Å². The number of hydrogen-bond donors (Lipinski definition) is 1. The molecule has 0 aliphatic heterocycles. The van der Waals surface area contributed by atoms with Gasteiger partial charge in [-0.25, -0.2) is 0 Å². The molecule has 1 atom stereocenters. The molecule has 4 aromatic rings. The maximum atomic E-state index is 11.5. The lowest BCUT2D eigenvalue weighted by atomic mass is 9.87. The van der Waals surface area contributed by atoms with Crippen LogP contribution in [0.15, 0.2) is 71.3 Å². The molecule has 0 radical (unpaired) electrons. The number of aldehydes is 1. The van der Waals surface area contributed by atoms with Crippen molar-refractivity contribution in [3.8, 4) is 5.75 Å². The molecule has 140 valence electrons. The minimum absolute atomic E-state index is 0.00243. The lowest BCUT2D eigenvalue weighted by Crippen LogP contribution is -2.08. The van der Waals surface area contributed by atoms with Gasteiger partial charge in [0.2, 0.25) is 0 Å². The fourth-order valence-corrected chi connectivity index (χ4v) is 3.48. The van der Waals surface area contributed by atoms with Crippen molar-refractivity contribution in [1.29, 1.82) is 0 Å². The summed E-state index contributed by atoms with van der Waals surface area (Å²) in [6, 6.07) is 19.1. The first kappa shape index (κ1) is 17.8. The van der Waals surface area contributed by atoms with Gasteiger partial charge in [-0.1, -0.05) is 30.3 Å². The molecule has 4 rings (SSSR count). The second-order valence-corrected chi connectivity index (χ2v) is 6.61. The van der Waals surface area contributed by atoms with E-state index in [1.54, 1.807) is 6.26 Å². The summed E-state index contributed by atoms with van der Waals surface area (Å²) in [7, 11) is 0. The first-order valence-electron chi connectivity index (χ1n) is 8.93. The van der Waals surface area contributed by atoms with Gasteiger partial charge in [0.1, 0.15) is 17.9 Å². The summed E-state index contributed by atoms with van der Waals surface area (Å²) >= 11 is 0. The van der Waals surface area contributed by atoms with Crippen LogP contribution in [0.25, 0.3) is 21.7 Å². The minimum atomic E-state index is -0.861. The average Bonchev–Trinajstić information content (AvgIpc) is 3.17. The van der Waals surface area contributed by atoms with Gasteiger partial charge in [-0.15, -0.1) is 0 Å². The summed E-state index contributed by atoms with van der Waals surface area (Å²) in [5.41, 5.74) is 2.60. The number of fused-ring (bicyclic) bond motifs is 2. The van der Waals surface area contributed by atoms with Gasteiger partial charge in [-0.3, -0.25) is 9.59 Å². The van der Waals surface area contributed by atoms with Gasteiger partial charge in [-0.2, -0.15) is 0 Å². The molecule has 0 saturated carbocycles. The van der Waals surface area contributed by atoms with Crippen LogP contribution in [0, 0.1) is 0 Å². The molecule has 1 unspecified atom stereocenters. The molecule has 0 aliphatic carbocycles. The zero-order valence-corrected chi connectivity index (χ0v) is 15.0. The Morgan fingerprint density at radius 1 is 0.964 bits per heavy atom. The monoisotopic (exact) mass is 374 g/mol. The van der Waals surface area contributed by atoms with Gasteiger partial charge < -0.3 is 14.3 Å². The van der Waals surface area contributed by atoms with Crippen molar-refractivity contribution < 1.29 is 23.8 Å². The summed E-state index contributed by atoms with van der Waals surface area (Å²) in [6.07, 6.45) is 2.31. The van der Waals surface area contributed by atoms with Crippen molar-refractivity contribution in [3.63, 3.8) is 0 Å². The Morgan fingerprint density at radius 3 is 2.50 bits per heavy atom. The van der Waals surface area contributed by atoms with Crippen LogP contribution in [0.2, 0.25) is 0 Å². The SMILES string of the molecule is O=CCOc1ccc2ccc(C(CC(=O)O)c3ccc4occc4c3)cc2c1. The first-order chi connectivity index (χ1) is 13.6. The molecule has 1 aromatic heterocycles. The van der Waals surface area contributed by atoms with Gasteiger partial charge in [0.25, 0.3) is 0 Å². The van der Waals surface area contributed by atoms with Gasteiger partial charge in [0.05, 0.1) is 12.7 Å². The number of ether oxygens (including phenoxy) is 1. The zero-order chi connectivity index (χ0) is 19.5. The molecule has 0 spiro atoms. The van der Waals surface area contributed by atoms with E-state index >= 15 is 0 Å². The van der Waals surface area contributed by atoms with Crippen LogP contribution >= 0.6 is 0 Å². The molecule has 5 nitrogen and oxygen atoms in total. The molecule has 1 heterocycles. The Labute approximate surface area is 161 Å². The molecule has 0 amide bonds. The number of rotatable bonds is 7. The predicted octanol–water partition coefficient (Wildman–Crippen LogP) is 4.77. The summed E-state index contributed by atoms with van der Waals surface area (Å²) in [5, 5.41) is 12.4. The highest BCUT2D eigenvalue weighted by molar-refractivity contribution is 5.85. The Balaban J connectivity index is 1.77. The van der Waals surface area contributed by atoms with E-state index in [2.05, 4.69) is 0 Å². The largest absolute Gasteiger partial charge is 0.486 e. The Kier molecular flexibility index (Phi) is 4.81. The predicted molar refractivity (Wildman–Crippen MR) is 106 cm³/mol. The Hall–Kier alpha value is -3.60. The molecule has 0 saturated heterocycles. The molecule has 3 aromatic carbocycles. The van der Waals surface area contributed by atoms with Gasteiger partial charge in [0.15, 0.2) is 6.29 Å². The number of carbonyl (C=O) groups is 2.